The summed E-state index contributed by atoms with van der Waals surface area (Å²) in [5, 5.41) is 0. The van der Waals surface area contributed by atoms with E-state index in [0.29, 0.717) is 0 Å². The Bertz CT molecular complexity index is 555. The molecule has 0 aromatic heterocycles. The fourth-order valence-corrected chi connectivity index (χ4v) is 6.73. The molecule has 0 radical (unpaired) electrons. The molecule has 1 rings (SSSR count). The third-order valence-corrected chi connectivity index (χ3v) is 9.90. The van der Waals surface area contributed by atoms with E-state index in [1.165, 1.54) is 128 Å². The molecule has 1 fully saturated rings. The number of hydrogen-bond donors (Lipinski definition) is 0. The van der Waals surface area contributed by atoms with Crippen molar-refractivity contribution < 1.29 is 0 Å². The van der Waals surface area contributed by atoms with E-state index in [-0.39, 0.29) is 0 Å². The molecular weight excluding hydrogens is 697 g/mol. The average molecular weight is 830 g/mol. The molecule has 1 aliphatic carbocycles. The van der Waals surface area contributed by atoms with Crippen molar-refractivity contribution in [3.05, 3.63) is 0 Å². The predicted octanol–water partition coefficient (Wildman–Crippen LogP) is 23.0. The van der Waals surface area contributed by atoms with Gasteiger partial charge in [-0.15, -0.1) is 0 Å². The first-order valence-electron chi connectivity index (χ1n) is 27.1. The Morgan fingerprint density at radius 2 is 0.759 bits per heavy atom. The molecule has 0 N–H and O–H groups in total. The second kappa shape index (κ2) is 63.6. The van der Waals surface area contributed by atoms with E-state index in [2.05, 4.69) is 159 Å². The van der Waals surface area contributed by atoms with Crippen LogP contribution >= 0.6 is 0 Å². The molecule has 364 valence electrons. The van der Waals surface area contributed by atoms with Gasteiger partial charge < -0.3 is 0 Å². The van der Waals surface area contributed by atoms with Crippen LogP contribution in [0.15, 0.2) is 0 Å². The second-order valence-corrected chi connectivity index (χ2v) is 20.8. The maximum Gasteiger partial charge on any atom is -0.0386 e. The SMILES string of the molecule is CC.CC.CC(C)C.CC(C)C.CC(C)C.CCC(C)CC(C)C.CCC(CCCCCC(C)C)C(C)C.CCCC(CCC)C1CCC(C)CC1.CCCCCC. The zero-order valence-electron chi connectivity index (χ0n) is 47.5. The highest BCUT2D eigenvalue weighted by Crippen LogP contribution is 2.37. The molecule has 58 heavy (non-hydrogen) atoms. The summed E-state index contributed by atoms with van der Waals surface area (Å²) in [6.45, 7) is 59.9. The van der Waals surface area contributed by atoms with Crippen molar-refractivity contribution in [2.24, 2.45) is 65.1 Å². The fourth-order valence-electron chi connectivity index (χ4n) is 6.73. The third kappa shape index (κ3) is 91.6. The lowest BCUT2D eigenvalue weighted by atomic mass is 9.73. The van der Waals surface area contributed by atoms with Crippen LogP contribution in [0.3, 0.4) is 0 Å². The van der Waals surface area contributed by atoms with Crippen LogP contribution in [-0.4, -0.2) is 0 Å². The van der Waals surface area contributed by atoms with Gasteiger partial charge in [-0.25, -0.2) is 0 Å². The smallest absolute Gasteiger partial charge is 0.0386 e. The molecule has 2 atom stereocenters. The predicted molar refractivity (Wildman–Crippen MR) is 284 cm³/mol. The summed E-state index contributed by atoms with van der Waals surface area (Å²) in [5.41, 5.74) is 0. The molecule has 0 amide bonds. The molecule has 0 aromatic rings. The minimum absolute atomic E-state index is 0.833. The van der Waals surface area contributed by atoms with Crippen molar-refractivity contribution >= 4 is 0 Å². The zero-order valence-corrected chi connectivity index (χ0v) is 47.5. The first kappa shape index (κ1) is 75.4. The maximum atomic E-state index is 2.42. The second-order valence-electron chi connectivity index (χ2n) is 20.8. The van der Waals surface area contributed by atoms with E-state index in [4.69, 9.17) is 0 Å². The molecular formula is C58H132. The summed E-state index contributed by atoms with van der Waals surface area (Å²) in [5.74, 6) is 10.2. The highest BCUT2D eigenvalue weighted by Gasteiger charge is 2.24. The molecule has 0 spiro atoms. The summed E-state index contributed by atoms with van der Waals surface area (Å²) in [6.07, 6.45) is 28.6. The Morgan fingerprint density at radius 3 is 1.00 bits per heavy atom. The number of rotatable bonds is 19. The van der Waals surface area contributed by atoms with Crippen molar-refractivity contribution in [1.29, 1.82) is 0 Å². The van der Waals surface area contributed by atoms with Crippen LogP contribution in [0.4, 0.5) is 0 Å². The Morgan fingerprint density at radius 1 is 0.397 bits per heavy atom. The minimum atomic E-state index is 0.833. The molecule has 0 heteroatoms. The Kier molecular flexibility index (Phi) is 82.7. The lowest BCUT2D eigenvalue weighted by Gasteiger charge is -2.32. The lowest BCUT2D eigenvalue weighted by Crippen LogP contribution is -2.20. The van der Waals surface area contributed by atoms with Gasteiger partial charge in [0.15, 0.2) is 0 Å². The van der Waals surface area contributed by atoms with Gasteiger partial charge in [0.1, 0.15) is 0 Å². The summed E-state index contributed by atoms with van der Waals surface area (Å²) >= 11 is 0. The van der Waals surface area contributed by atoms with Crippen molar-refractivity contribution in [3.8, 4) is 0 Å². The van der Waals surface area contributed by atoms with Crippen LogP contribution in [0.25, 0.3) is 0 Å². The van der Waals surface area contributed by atoms with Gasteiger partial charge in [-0.1, -0.05) is 296 Å². The third-order valence-electron chi connectivity index (χ3n) is 9.90. The van der Waals surface area contributed by atoms with Crippen LogP contribution in [0.2, 0.25) is 0 Å². The highest BCUT2D eigenvalue weighted by molar-refractivity contribution is 4.76. The van der Waals surface area contributed by atoms with E-state index in [1.807, 2.05) is 27.7 Å². The minimum Gasteiger partial charge on any atom is -0.0683 e. The molecule has 2 unspecified atom stereocenters. The zero-order chi connectivity index (χ0) is 47.5. The Balaban J connectivity index is -0.0000000877. The molecule has 1 aliphatic rings. The van der Waals surface area contributed by atoms with Crippen LogP contribution in [0.5, 0.6) is 0 Å². The van der Waals surface area contributed by atoms with Crippen molar-refractivity contribution in [2.45, 2.75) is 315 Å². The molecule has 0 bridgehead atoms. The summed E-state index contributed by atoms with van der Waals surface area (Å²) in [4.78, 5) is 0. The number of unbranched alkanes of at least 4 members (excludes halogenated alkanes) is 5. The first-order chi connectivity index (χ1) is 27.1. The molecule has 0 heterocycles. The van der Waals surface area contributed by atoms with Gasteiger partial charge in [0.2, 0.25) is 0 Å². The van der Waals surface area contributed by atoms with Crippen molar-refractivity contribution in [3.63, 3.8) is 0 Å². The van der Waals surface area contributed by atoms with E-state index in [0.717, 1.165) is 65.1 Å². The maximum absolute atomic E-state index is 2.42. The average Bonchev–Trinajstić information content (AvgIpc) is 3.13. The van der Waals surface area contributed by atoms with Crippen molar-refractivity contribution in [1.82, 2.24) is 0 Å². The van der Waals surface area contributed by atoms with Crippen molar-refractivity contribution in [2.75, 3.05) is 0 Å². The quantitative estimate of drug-likeness (QED) is 0.114. The molecule has 0 aliphatic heterocycles. The van der Waals surface area contributed by atoms with Gasteiger partial charge in [-0.2, -0.15) is 0 Å². The van der Waals surface area contributed by atoms with Crippen LogP contribution in [0, 0.1) is 65.1 Å². The Labute approximate surface area is 379 Å². The monoisotopic (exact) mass is 829 g/mol. The van der Waals surface area contributed by atoms with Crippen LogP contribution < -0.4 is 0 Å². The normalized spacial score (nSPS) is 15.2. The summed E-state index contributed by atoms with van der Waals surface area (Å²) in [7, 11) is 0. The fraction of sp³-hybridized carbons (Fsp3) is 1.00. The largest absolute Gasteiger partial charge is 0.0683 e. The van der Waals surface area contributed by atoms with Gasteiger partial charge in [-0.3, -0.25) is 0 Å². The van der Waals surface area contributed by atoms with E-state index < -0.39 is 0 Å². The van der Waals surface area contributed by atoms with Crippen LogP contribution in [-0.2, 0) is 0 Å². The first-order valence-corrected chi connectivity index (χ1v) is 27.1. The molecule has 0 nitrogen and oxygen atoms in total. The number of hydrogen-bond acceptors (Lipinski definition) is 0. The molecule has 0 saturated heterocycles. The molecule has 1 saturated carbocycles. The highest BCUT2D eigenvalue weighted by atomic mass is 14.3. The van der Waals surface area contributed by atoms with Crippen LogP contribution in [0.1, 0.15) is 315 Å². The lowest BCUT2D eigenvalue weighted by molar-refractivity contribution is 0.192. The van der Waals surface area contributed by atoms with Gasteiger partial charge in [0.25, 0.3) is 0 Å². The van der Waals surface area contributed by atoms with Gasteiger partial charge >= 0.3 is 0 Å². The molecule has 0 aromatic carbocycles. The van der Waals surface area contributed by atoms with Gasteiger partial charge in [-0.05, 0) is 84.4 Å². The Hall–Kier alpha value is 0. The van der Waals surface area contributed by atoms with E-state index >= 15 is 0 Å². The summed E-state index contributed by atoms with van der Waals surface area (Å²) < 4.78 is 0. The topological polar surface area (TPSA) is 0 Å². The van der Waals surface area contributed by atoms with Gasteiger partial charge in [0, 0.05) is 0 Å². The van der Waals surface area contributed by atoms with E-state index in [9.17, 15) is 0 Å². The van der Waals surface area contributed by atoms with Gasteiger partial charge in [0.05, 0.1) is 0 Å². The summed E-state index contributed by atoms with van der Waals surface area (Å²) in [6, 6.07) is 0. The van der Waals surface area contributed by atoms with E-state index in [1.54, 1.807) is 0 Å². The standard InChI is InChI=1S/C14H28.C14H30.C8H18.C6H14.3C4H10.2C2H6/c1-4-6-13(7-5-2)14-10-8-12(3)9-11-14;1-6-14(13(4)5)11-9-7-8-10-12(2)3;1-5-8(4)6-7(2)3;1-3-5-6-4-2;3*1-4(2)3;2*1-2/h12-14H,4-11H2,1-3H3;12-14H,6-11H2,1-5H3;7-8H,5-6H2,1-4H3;3-6H2,1-2H3;3*4H,1-3H3;2*1-2H3.